The van der Waals surface area contributed by atoms with E-state index in [1.165, 1.54) is 10.9 Å². The summed E-state index contributed by atoms with van der Waals surface area (Å²) in [5, 5.41) is 7.34. The van der Waals surface area contributed by atoms with E-state index in [0.717, 1.165) is 0 Å². The Morgan fingerprint density at radius 1 is 1.25 bits per heavy atom. The molecule has 0 aliphatic carbocycles. The Labute approximate surface area is 102 Å². The van der Waals surface area contributed by atoms with E-state index in [4.69, 9.17) is 23.2 Å². The van der Waals surface area contributed by atoms with Crippen LogP contribution >= 0.6 is 23.2 Å². The second-order valence-corrected chi connectivity index (χ2v) is 3.91. The zero-order chi connectivity index (χ0) is 11.5. The highest BCUT2D eigenvalue weighted by Gasteiger charge is 2.05. The summed E-state index contributed by atoms with van der Waals surface area (Å²) in [4.78, 5) is 11.6. The van der Waals surface area contributed by atoms with E-state index in [1.54, 1.807) is 30.5 Å². The average molecular weight is 256 g/mol. The van der Waals surface area contributed by atoms with Crippen LogP contribution < -0.4 is 5.32 Å². The molecule has 0 saturated heterocycles. The zero-order valence-electron chi connectivity index (χ0n) is 8.02. The number of hydrogen-bond donors (Lipinski definition) is 1. The number of aromatic nitrogens is 2. The topological polar surface area (TPSA) is 46.9 Å². The molecule has 1 heterocycles. The molecule has 0 unspecified atom stereocenters. The number of amides is 1. The first-order valence-electron chi connectivity index (χ1n) is 4.42. The van der Waals surface area contributed by atoms with Crippen molar-refractivity contribution in [3.63, 3.8) is 0 Å². The predicted octanol–water partition coefficient (Wildman–Crippen LogP) is 3.27. The number of hydrogen-bond acceptors (Lipinski definition) is 2. The van der Waals surface area contributed by atoms with Crippen LogP contribution in [0.4, 0.5) is 10.5 Å². The van der Waals surface area contributed by atoms with Crippen molar-refractivity contribution >= 4 is 34.9 Å². The van der Waals surface area contributed by atoms with Crippen molar-refractivity contribution in [1.29, 1.82) is 0 Å². The van der Waals surface area contributed by atoms with E-state index in [0.29, 0.717) is 15.7 Å². The van der Waals surface area contributed by atoms with Gasteiger partial charge in [-0.15, -0.1) is 0 Å². The lowest BCUT2D eigenvalue weighted by molar-refractivity contribution is 0.251. The summed E-state index contributed by atoms with van der Waals surface area (Å²) in [6.45, 7) is 0. The Morgan fingerprint density at radius 2 is 1.94 bits per heavy atom. The Morgan fingerprint density at radius 3 is 2.50 bits per heavy atom. The van der Waals surface area contributed by atoms with Gasteiger partial charge in [-0.05, 0) is 24.3 Å². The molecule has 82 valence electrons. The molecule has 2 rings (SSSR count). The number of carbonyl (C=O) groups excluding carboxylic acids is 1. The molecule has 0 aliphatic rings. The molecule has 0 atom stereocenters. The molecule has 0 bridgehead atoms. The molecule has 1 amide bonds. The molecule has 0 saturated carbocycles. The Bertz CT molecular complexity index is 491. The quantitative estimate of drug-likeness (QED) is 0.851. The van der Waals surface area contributed by atoms with Crippen LogP contribution in [-0.2, 0) is 0 Å². The molecule has 1 aromatic carbocycles. The first-order valence-corrected chi connectivity index (χ1v) is 5.18. The highest BCUT2D eigenvalue weighted by atomic mass is 35.5. The SMILES string of the molecule is O=C(Nc1cc(Cl)cc(Cl)c1)n1cccn1. The van der Waals surface area contributed by atoms with Crippen LogP contribution in [0.1, 0.15) is 0 Å². The number of benzene rings is 1. The zero-order valence-corrected chi connectivity index (χ0v) is 9.53. The summed E-state index contributed by atoms with van der Waals surface area (Å²) in [5.74, 6) is 0. The molecule has 4 nitrogen and oxygen atoms in total. The van der Waals surface area contributed by atoms with E-state index in [2.05, 4.69) is 10.4 Å². The molecule has 1 aromatic heterocycles. The molecule has 0 spiro atoms. The third-order valence-electron chi connectivity index (χ3n) is 1.83. The fraction of sp³-hybridized carbons (Fsp3) is 0. The van der Waals surface area contributed by atoms with E-state index >= 15 is 0 Å². The fourth-order valence-electron chi connectivity index (χ4n) is 1.20. The maximum atomic E-state index is 11.6. The van der Waals surface area contributed by atoms with Crippen molar-refractivity contribution in [1.82, 2.24) is 9.78 Å². The van der Waals surface area contributed by atoms with Gasteiger partial charge in [0.1, 0.15) is 0 Å². The van der Waals surface area contributed by atoms with E-state index in [1.807, 2.05) is 0 Å². The van der Waals surface area contributed by atoms with Crippen molar-refractivity contribution < 1.29 is 4.79 Å². The molecule has 1 N–H and O–H groups in total. The number of halogens is 2. The molecule has 2 aromatic rings. The van der Waals surface area contributed by atoms with Gasteiger partial charge in [-0.1, -0.05) is 23.2 Å². The van der Waals surface area contributed by atoms with Gasteiger partial charge in [-0.25, -0.2) is 4.79 Å². The van der Waals surface area contributed by atoms with Crippen LogP contribution in [-0.4, -0.2) is 15.8 Å². The third kappa shape index (κ3) is 2.53. The van der Waals surface area contributed by atoms with Crippen LogP contribution in [0.25, 0.3) is 0 Å². The molecule has 0 radical (unpaired) electrons. The number of nitrogens with one attached hydrogen (secondary N) is 1. The molecular weight excluding hydrogens is 249 g/mol. The van der Waals surface area contributed by atoms with Gasteiger partial charge < -0.3 is 5.32 Å². The smallest absolute Gasteiger partial charge is 0.306 e. The highest BCUT2D eigenvalue weighted by molar-refractivity contribution is 6.35. The summed E-state index contributed by atoms with van der Waals surface area (Å²) in [6.07, 6.45) is 3.06. The van der Waals surface area contributed by atoms with Crippen molar-refractivity contribution in [2.75, 3.05) is 5.32 Å². The van der Waals surface area contributed by atoms with E-state index in [9.17, 15) is 4.79 Å². The van der Waals surface area contributed by atoms with Gasteiger partial charge in [0.2, 0.25) is 0 Å². The Kier molecular flexibility index (Phi) is 3.12. The Balaban J connectivity index is 2.18. The summed E-state index contributed by atoms with van der Waals surface area (Å²) < 4.78 is 1.18. The van der Waals surface area contributed by atoms with Crippen molar-refractivity contribution in [3.05, 3.63) is 46.7 Å². The fourth-order valence-corrected chi connectivity index (χ4v) is 1.72. The van der Waals surface area contributed by atoms with Gasteiger partial charge in [0.25, 0.3) is 0 Å². The lowest BCUT2D eigenvalue weighted by atomic mass is 10.3. The van der Waals surface area contributed by atoms with Crippen LogP contribution in [0, 0.1) is 0 Å². The third-order valence-corrected chi connectivity index (χ3v) is 2.26. The largest absolute Gasteiger partial charge is 0.346 e. The number of carbonyl (C=O) groups is 1. The second kappa shape index (κ2) is 4.55. The normalized spacial score (nSPS) is 10.1. The lowest BCUT2D eigenvalue weighted by Crippen LogP contribution is -2.19. The summed E-state index contributed by atoms with van der Waals surface area (Å²) in [5.41, 5.74) is 0.526. The summed E-state index contributed by atoms with van der Waals surface area (Å²) in [6, 6.07) is 6.09. The van der Waals surface area contributed by atoms with Gasteiger partial charge in [0.15, 0.2) is 0 Å². The van der Waals surface area contributed by atoms with E-state index in [-0.39, 0.29) is 6.03 Å². The van der Waals surface area contributed by atoms with Crippen LogP contribution in [0.15, 0.2) is 36.7 Å². The second-order valence-electron chi connectivity index (χ2n) is 3.04. The molecule has 6 heteroatoms. The summed E-state index contributed by atoms with van der Waals surface area (Å²) in [7, 11) is 0. The van der Waals surface area contributed by atoms with E-state index < -0.39 is 0 Å². The molecule has 0 aliphatic heterocycles. The highest BCUT2D eigenvalue weighted by Crippen LogP contribution is 2.22. The molecule has 0 fully saturated rings. The van der Waals surface area contributed by atoms with Gasteiger partial charge >= 0.3 is 6.03 Å². The maximum absolute atomic E-state index is 11.6. The molecule has 16 heavy (non-hydrogen) atoms. The maximum Gasteiger partial charge on any atom is 0.346 e. The minimum Gasteiger partial charge on any atom is -0.306 e. The van der Waals surface area contributed by atoms with Gasteiger partial charge in [-0.2, -0.15) is 9.78 Å². The standard InChI is InChI=1S/C10H7Cl2N3O/c11-7-4-8(12)6-9(5-7)14-10(16)15-3-1-2-13-15/h1-6H,(H,14,16). The lowest BCUT2D eigenvalue weighted by Gasteiger charge is -2.05. The van der Waals surface area contributed by atoms with Gasteiger partial charge in [-0.3, -0.25) is 0 Å². The monoisotopic (exact) mass is 255 g/mol. The first-order chi connectivity index (χ1) is 7.65. The number of rotatable bonds is 1. The van der Waals surface area contributed by atoms with Crippen molar-refractivity contribution in [3.8, 4) is 0 Å². The average Bonchev–Trinajstić information content (AvgIpc) is 2.68. The van der Waals surface area contributed by atoms with Gasteiger partial charge in [0, 0.05) is 28.1 Å². The van der Waals surface area contributed by atoms with Crippen molar-refractivity contribution in [2.45, 2.75) is 0 Å². The number of nitrogens with zero attached hydrogens (tertiary/aromatic N) is 2. The van der Waals surface area contributed by atoms with Crippen LogP contribution in [0.3, 0.4) is 0 Å². The first kappa shape index (κ1) is 11.0. The van der Waals surface area contributed by atoms with Gasteiger partial charge in [0.05, 0.1) is 0 Å². The Hall–Kier alpha value is -1.52. The predicted molar refractivity (Wildman–Crippen MR) is 63.1 cm³/mol. The van der Waals surface area contributed by atoms with Crippen LogP contribution in [0.2, 0.25) is 10.0 Å². The number of anilines is 1. The van der Waals surface area contributed by atoms with Crippen molar-refractivity contribution in [2.24, 2.45) is 0 Å². The minimum atomic E-state index is -0.372. The van der Waals surface area contributed by atoms with Crippen LogP contribution in [0.5, 0.6) is 0 Å². The molecular formula is C10H7Cl2N3O. The minimum absolute atomic E-state index is 0.372. The summed E-state index contributed by atoms with van der Waals surface area (Å²) >= 11 is 11.6.